The van der Waals surface area contributed by atoms with E-state index < -0.39 is 0 Å². The van der Waals surface area contributed by atoms with Gasteiger partial charge in [-0.3, -0.25) is 0 Å². The molecule has 5 aromatic rings. The average molecular weight is 479 g/mol. The molecule has 1 aliphatic carbocycles. The number of aliphatic hydroxyl groups excluding tert-OH is 1. The summed E-state index contributed by atoms with van der Waals surface area (Å²) in [6, 6.07) is 21.3. The largest absolute Gasteiger partial charge is 0.390 e. The maximum Gasteiger partial charge on any atom is 0.171 e. The second kappa shape index (κ2) is 8.91. The molecule has 2 aromatic carbocycles. The first kappa shape index (κ1) is 22.0. The van der Waals surface area contributed by atoms with Gasteiger partial charge in [0, 0.05) is 40.1 Å². The van der Waals surface area contributed by atoms with Crippen molar-refractivity contribution in [2.24, 2.45) is 0 Å². The lowest BCUT2D eigenvalue weighted by atomic mass is 9.80. The van der Waals surface area contributed by atoms with Gasteiger partial charge in [0.25, 0.3) is 0 Å². The second-order valence-corrected chi connectivity index (χ2v) is 10.1. The molecule has 0 fully saturated rings. The van der Waals surface area contributed by atoms with Crippen LogP contribution >= 0.6 is 11.3 Å². The molecule has 0 radical (unpaired) electrons. The van der Waals surface area contributed by atoms with E-state index >= 15 is 0 Å². The zero-order valence-electron chi connectivity index (χ0n) is 19.8. The van der Waals surface area contributed by atoms with E-state index in [-0.39, 0.29) is 12.0 Å². The summed E-state index contributed by atoms with van der Waals surface area (Å²) >= 11 is 1.79. The Hall–Kier alpha value is -3.54. The Kier molecular flexibility index (Phi) is 5.59. The third kappa shape index (κ3) is 3.81. The van der Waals surface area contributed by atoms with Crippen molar-refractivity contribution in [1.29, 1.82) is 0 Å². The molecule has 0 amide bonds. The lowest BCUT2D eigenvalue weighted by Gasteiger charge is -2.26. The zero-order valence-corrected chi connectivity index (χ0v) is 20.6. The van der Waals surface area contributed by atoms with Crippen LogP contribution in [0, 0.1) is 0 Å². The number of aromatic nitrogens is 3. The van der Waals surface area contributed by atoms with Crippen molar-refractivity contribution in [1.82, 2.24) is 9.55 Å². The smallest absolute Gasteiger partial charge is 0.171 e. The van der Waals surface area contributed by atoms with Gasteiger partial charge in [0.05, 0.1) is 15.6 Å². The Balaban J connectivity index is 1.55. The van der Waals surface area contributed by atoms with Gasteiger partial charge in [-0.05, 0) is 37.1 Å². The highest BCUT2D eigenvalue weighted by Crippen LogP contribution is 2.39. The van der Waals surface area contributed by atoms with Crippen molar-refractivity contribution in [3.63, 3.8) is 0 Å². The molecule has 3 aromatic heterocycles. The fourth-order valence-corrected chi connectivity index (χ4v) is 6.26. The van der Waals surface area contributed by atoms with Crippen LogP contribution in [0.25, 0.3) is 39.3 Å². The number of thiazole rings is 1. The number of allylic oxidation sites excluding steroid dienone is 1. The van der Waals surface area contributed by atoms with Gasteiger partial charge >= 0.3 is 0 Å². The fraction of sp³-hybridized carbons (Fsp3) is 0.200. The third-order valence-corrected chi connectivity index (χ3v) is 8.17. The lowest BCUT2D eigenvalue weighted by Crippen LogP contribution is -2.37. The van der Waals surface area contributed by atoms with Crippen LogP contribution < -0.4 is 15.1 Å². The van der Waals surface area contributed by atoms with Crippen LogP contribution in [0.5, 0.6) is 0 Å². The first-order chi connectivity index (χ1) is 17.2. The van der Waals surface area contributed by atoms with Gasteiger partial charge in [0.15, 0.2) is 18.9 Å². The number of benzene rings is 2. The molecule has 0 aliphatic heterocycles. The highest BCUT2D eigenvalue weighted by molar-refractivity contribution is 7.18. The van der Waals surface area contributed by atoms with Crippen LogP contribution in [0.15, 0.2) is 79.1 Å². The minimum atomic E-state index is -0.323. The van der Waals surface area contributed by atoms with Crippen LogP contribution in [-0.4, -0.2) is 21.3 Å². The molecular formula is C30H28N3OS+. The molecule has 4 nitrogen and oxygen atoms in total. The number of rotatable bonds is 6. The Morgan fingerprint density at radius 3 is 2.69 bits per heavy atom. The van der Waals surface area contributed by atoms with E-state index in [4.69, 9.17) is 4.98 Å². The number of pyridine rings is 1. The summed E-state index contributed by atoms with van der Waals surface area (Å²) in [4.78, 5) is 5.12. The summed E-state index contributed by atoms with van der Waals surface area (Å²) in [5.41, 5.74) is 3.15. The summed E-state index contributed by atoms with van der Waals surface area (Å²) in [7, 11) is 0. The van der Waals surface area contributed by atoms with Gasteiger partial charge in [-0.15, -0.1) is 11.3 Å². The monoisotopic (exact) mass is 478 g/mol. The van der Waals surface area contributed by atoms with Gasteiger partial charge in [0.1, 0.15) is 11.6 Å². The van der Waals surface area contributed by atoms with E-state index in [0.29, 0.717) is 6.54 Å². The number of hydrogen-bond donors (Lipinski definition) is 1. The molecule has 0 bridgehead atoms. The van der Waals surface area contributed by atoms with Gasteiger partial charge in [-0.2, -0.15) is 0 Å². The highest BCUT2D eigenvalue weighted by Gasteiger charge is 2.32. The molecule has 1 unspecified atom stereocenters. The maximum atomic E-state index is 9.21. The van der Waals surface area contributed by atoms with E-state index in [2.05, 4.69) is 96.5 Å². The summed E-state index contributed by atoms with van der Waals surface area (Å²) < 4.78 is 5.63. The Morgan fingerprint density at radius 1 is 1.09 bits per heavy atom. The van der Waals surface area contributed by atoms with Gasteiger partial charge < -0.3 is 9.67 Å². The molecule has 0 saturated heterocycles. The Labute approximate surface area is 208 Å². The number of para-hydroxylation sites is 2. The average Bonchev–Trinajstić information content (AvgIpc) is 3.48. The third-order valence-electron chi connectivity index (χ3n) is 6.94. The SMILES string of the molecule is CCn1c2c(c3ccccc31)=CC(/C=C/c1cc[n+](CCO)cc1)(c1nc3ccccc3s1)CC=2. The van der Waals surface area contributed by atoms with Crippen molar-refractivity contribution in [3.05, 3.63) is 100 Å². The van der Waals surface area contributed by atoms with E-state index in [1.165, 1.54) is 26.2 Å². The first-order valence-corrected chi connectivity index (χ1v) is 13.0. The van der Waals surface area contributed by atoms with Gasteiger partial charge in [-0.25, -0.2) is 9.55 Å². The topological polar surface area (TPSA) is 41.9 Å². The van der Waals surface area contributed by atoms with Crippen LogP contribution in [-0.2, 0) is 18.5 Å². The minimum Gasteiger partial charge on any atom is -0.390 e. The van der Waals surface area contributed by atoms with E-state index in [1.807, 2.05) is 17.0 Å². The Morgan fingerprint density at radius 2 is 1.89 bits per heavy atom. The van der Waals surface area contributed by atoms with Crippen molar-refractivity contribution in [2.45, 2.75) is 31.8 Å². The molecule has 1 N–H and O–H groups in total. The molecule has 174 valence electrons. The molecule has 1 aliphatic rings. The molecule has 0 saturated carbocycles. The molecule has 35 heavy (non-hydrogen) atoms. The number of fused-ring (bicyclic) bond motifs is 4. The predicted molar refractivity (Wildman–Crippen MR) is 144 cm³/mol. The number of aliphatic hydroxyl groups is 1. The lowest BCUT2D eigenvalue weighted by molar-refractivity contribution is -0.698. The van der Waals surface area contributed by atoms with Crippen molar-refractivity contribution >= 4 is 50.7 Å². The second-order valence-electron chi connectivity index (χ2n) is 9.07. The summed E-state index contributed by atoms with van der Waals surface area (Å²) in [5.74, 6) is 0. The van der Waals surface area contributed by atoms with E-state index in [9.17, 15) is 5.11 Å². The molecule has 5 heteroatoms. The molecule has 0 spiro atoms. The standard InChI is InChI=1S/C30H28N3OS/c1-2-33-26-9-5-3-7-23(26)24-21-30(16-12-27(24)33,29-31-25-8-4-6-10-28(25)35-29)15-11-22-13-17-32(18-14-22)19-20-34/h3-15,17-18,21,34H,2,16,19-20H2,1H3/q+1/b15-11+. The summed E-state index contributed by atoms with van der Waals surface area (Å²) in [5, 5.41) is 14.2. The number of hydrogen-bond acceptors (Lipinski definition) is 3. The fourth-order valence-electron chi connectivity index (χ4n) is 5.14. The van der Waals surface area contributed by atoms with Crippen molar-refractivity contribution in [2.75, 3.05) is 6.61 Å². The number of nitrogens with zero attached hydrogens (tertiary/aromatic N) is 3. The Bertz CT molecular complexity index is 1640. The van der Waals surface area contributed by atoms with Crippen LogP contribution in [0.2, 0.25) is 0 Å². The van der Waals surface area contributed by atoms with E-state index in [1.54, 1.807) is 11.3 Å². The summed E-state index contributed by atoms with van der Waals surface area (Å²) in [6.45, 7) is 3.90. The maximum absolute atomic E-state index is 9.21. The van der Waals surface area contributed by atoms with Crippen molar-refractivity contribution < 1.29 is 9.67 Å². The predicted octanol–water partition coefficient (Wildman–Crippen LogP) is 4.17. The molecular weight excluding hydrogens is 450 g/mol. The number of aryl methyl sites for hydroxylation is 1. The molecule has 6 rings (SSSR count). The van der Waals surface area contributed by atoms with Gasteiger partial charge in [0.2, 0.25) is 0 Å². The minimum absolute atomic E-state index is 0.138. The molecule has 1 atom stereocenters. The van der Waals surface area contributed by atoms with E-state index in [0.717, 1.165) is 29.1 Å². The van der Waals surface area contributed by atoms with Crippen LogP contribution in [0.1, 0.15) is 23.9 Å². The van der Waals surface area contributed by atoms with Crippen molar-refractivity contribution in [3.8, 4) is 0 Å². The highest BCUT2D eigenvalue weighted by atomic mass is 32.1. The summed E-state index contributed by atoms with van der Waals surface area (Å²) in [6.07, 6.45) is 14.3. The van der Waals surface area contributed by atoms with Crippen LogP contribution in [0.4, 0.5) is 0 Å². The van der Waals surface area contributed by atoms with Crippen LogP contribution in [0.3, 0.4) is 0 Å². The first-order valence-electron chi connectivity index (χ1n) is 12.2. The zero-order chi connectivity index (χ0) is 23.8. The quantitative estimate of drug-likeness (QED) is 0.372. The molecule has 3 heterocycles. The normalized spacial score (nSPS) is 17.5. The van der Waals surface area contributed by atoms with Gasteiger partial charge in [-0.1, -0.05) is 54.6 Å².